The molecule has 0 bridgehead atoms. The molecular formula is C14H15ClN4O. The quantitative estimate of drug-likeness (QED) is 0.903. The molecule has 0 saturated carbocycles. The number of hydrogen-bond acceptors (Lipinski definition) is 3. The van der Waals surface area contributed by atoms with Crippen molar-refractivity contribution in [3.05, 3.63) is 35.0 Å². The summed E-state index contributed by atoms with van der Waals surface area (Å²) >= 11 is 6.25. The molecule has 2 heterocycles. The van der Waals surface area contributed by atoms with Gasteiger partial charge in [-0.3, -0.25) is 9.79 Å². The second-order valence-corrected chi connectivity index (χ2v) is 5.05. The van der Waals surface area contributed by atoms with Crippen molar-refractivity contribution in [3.8, 4) is 0 Å². The normalized spacial score (nSPS) is 14.2. The van der Waals surface area contributed by atoms with E-state index in [4.69, 9.17) is 11.6 Å². The average molecular weight is 291 g/mol. The first-order valence-corrected chi connectivity index (χ1v) is 6.85. The van der Waals surface area contributed by atoms with Crippen molar-refractivity contribution < 1.29 is 4.79 Å². The Morgan fingerprint density at radius 2 is 2.40 bits per heavy atom. The number of aliphatic imine (C=N–C) groups is 1. The number of rotatable bonds is 3. The average Bonchev–Trinajstić information content (AvgIpc) is 3.08. The lowest BCUT2D eigenvalue weighted by molar-refractivity contribution is 0.0964. The van der Waals surface area contributed by atoms with Crippen LogP contribution in [0.4, 0.5) is 0 Å². The van der Waals surface area contributed by atoms with Gasteiger partial charge in [0.2, 0.25) is 0 Å². The highest BCUT2D eigenvalue weighted by Crippen LogP contribution is 2.28. The highest BCUT2D eigenvalue weighted by molar-refractivity contribution is 6.36. The molecular weight excluding hydrogens is 276 g/mol. The fourth-order valence-electron chi connectivity index (χ4n) is 2.46. The van der Waals surface area contributed by atoms with E-state index in [2.05, 4.69) is 15.6 Å². The monoisotopic (exact) mass is 290 g/mol. The van der Waals surface area contributed by atoms with Gasteiger partial charge in [0, 0.05) is 25.2 Å². The Hall–Kier alpha value is -2.01. The van der Waals surface area contributed by atoms with Gasteiger partial charge in [-0.25, -0.2) is 0 Å². The number of fused-ring (bicyclic) bond motifs is 1. The van der Waals surface area contributed by atoms with Gasteiger partial charge in [0.25, 0.3) is 5.91 Å². The van der Waals surface area contributed by atoms with E-state index in [1.54, 1.807) is 13.1 Å². The Labute approximate surface area is 121 Å². The number of nitrogens with zero attached hydrogens (tertiary/aromatic N) is 2. The van der Waals surface area contributed by atoms with Crippen LogP contribution in [0.25, 0.3) is 10.9 Å². The van der Waals surface area contributed by atoms with Crippen LogP contribution in [0.5, 0.6) is 0 Å². The maximum atomic E-state index is 12.0. The maximum Gasteiger partial charge on any atom is 0.253 e. The van der Waals surface area contributed by atoms with Gasteiger partial charge in [0.1, 0.15) is 5.84 Å². The van der Waals surface area contributed by atoms with Crippen molar-refractivity contribution in [2.45, 2.75) is 6.54 Å². The number of carbonyl (C=O) groups excluding carboxylic acids is 1. The van der Waals surface area contributed by atoms with E-state index in [1.165, 1.54) is 0 Å². The molecule has 0 unspecified atom stereocenters. The van der Waals surface area contributed by atoms with Crippen LogP contribution in [0.3, 0.4) is 0 Å². The number of hydrogen-bond donors (Lipinski definition) is 2. The first-order chi connectivity index (χ1) is 9.70. The Morgan fingerprint density at radius 1 is 1.55 bits per heavy atom. The van der Waals surface area contributed by atoms with E-state index in [0.29, 0.717) is 17.1 Å². The lowest BCUT2D eigenvalue weighted by Gasteiger charge is -2.05. The molecule has 0 atom stereocenters. The van der Waals surface area contributed by atoms with Gasteiger partial charge >= 0.3 is 0 Å². The van der Waals surface area contributed by atoms with E-state index in [-0.39, 0.29) is 5.91 Å². The van der Waals surface area contributed by atoms with Gasteiger partial charge in [0.15, 0.2) is 0 Å². The van der Waals surface area contributed by atoms with Crippen molar-refractivity contribution in [2.24, 2.45) is 4.99 Å². The zero-order chi connectivity index (χ0) is 14.1. The minimum Gasteiger partial charge on any atom is -0.370 e. The molecule has 1 amide bonds. The first kappa shape index (κ1) is 13.0. The number of aromatic nitrogens is 1. The fraction of sp³-hybridized carbons (Fsp3) is 0.286. The number of amidine groups is 1. The molecule has 0 radical (unpaired) electrons. The standard InChI is InChI=1S/C14H15ClN4O/c1-16-14(20)9-7-19(8-12-17-5-6-18-12)11-4-2-3-10(15)13(9)11/h2-4,7H,5-6,8H2,1H3,(H,16,20)(H,17,18). The van der Waals surface area contributed by atoms with Crippen molar-refractivity contribution in [1.82, 2.24) is 15.2 Å². The second kappa shape index (κ2) is 5.17. The maximum absolute atomic E-state index is 12.0. The van der Waals surface area contributed by atoms with Gasteiger partial charge < -0.3 is 15.2 Å². The molecule has 0 aliphatic carbocycles. The molecule has 0 fully saturated rings. The molecule has 3 rings (SSSR count). The van der Waals surface area contributed by atoms with Crippen LogP contribution in [0.1, 0.15) is 10.4 Å². The molecule has 6 heteroatoms. The lowest BCUT2D eigenvalue weighted by atomic mass is 10.1. The van der Waals surface area contributed by atoms with Gasteiger partial charge in [-0.2, -0.15) is 0 Å². The highest BCUT2D eigenvalue weighted by Gasteiger charge is 2.17. The fourth-order valence-corrected chi connectivity index (χ4v) is 2.73. The molecule has 5 nitrogen and oxygen atoms in total. The van der Waals surface area contributed by atoms with Crippen molar-refractivity contribution in [2.75, 3.05) is 20.1 Å². The summed E-state index contributed by atoms with van der Waals surface area (Å²) in [7, 11) is 1.62. The molecule has 2 N–H and O–H groups in total. The van der Waals surface area contributed by atoms with Crippen molar-refractivity contribution in [1.29, 1.82) is 0 Å². The smallest absolute Gasteiger partial charge is 0.253 e. The molecule has 2 aromatic rings. The topological polar surface area (TPSA) is 58.4 Å². The van der Waals surface area contributed by atoms with Crippen LogP contribution in [0.2, 0.25) is 5.02 Å². The first-order valence-electron chi connectivity index (χ1n) is 6.47. The molecule has 104 valence electrons. The molecule has 0 saturated heterocycles. The number of amides is 1. The Morgan fingerprint density at radius 3 is 3.10 bits per heavy atom. The summed E-state index contributed by atoms with van der Waals surface area (Å²) in [6, 6.07) is 5.65. The summed E-state index contributed by atoms with van der Waals surface area (Å²) in [5.74, 6) is 0.800. The molecule has 1 aromatic heterocycles. The van der Waals surface area contributed by atoms with Crippen LogP contribution in [0, 0.1) is 0 Å². The Kier molecular flexibility index (Phi) is 3.36. The van der Waals surface area contributed by atoms with Crippen molar-refractivity contribution >= 4 is 34.2 Å². The summed E-state index contributed by atoms with van der Waals surface area (Å²) in [5, 5.41) is 7.25. The number of carbonyl (C=O) groups is 1. The summed E-state index contributed by atoms with van der Waals surface area (Å²) in [5.41, 5.74) is 1.53. The third kappa shape index (κ3) is 2.14. The van der Waals surface area contributed by atoms with E-state index in [9.17, 15) is 4.79 Å². The second-order valence-electron chi connectivity index (χ2n) is 4.64. The van der Waals surface area contributed by atoms with E-state index >= 15 is 0 Å². The van der Waals surface area contributed by atoms with Gasteiger partial charge in [-0.15, -0.1) is 0 Å². The van der Waals surface area contributed by atoms with Gasteiger partial charge in [0.05, 0.1) is 29.2 Å². The summed E-state index contributed by atoms with van der Waals surface area (Å²) < 4.78 is 2.00. The van der Waals surface area contributed by atoms with Gasteiger partial charge in [-0.1, -0.05) is 17.7 Å². The van der Waals surface area contributed by atoms with Crippen LogP contribution >= 0.6 is 11.6 Å². The zero-order valence-corrected chi connectivity index (χ0v) is 11.9. The van der Waals surface area contributed by atoms with Crippen LogP contribution in [-0.2, 0) is 6.54 Å². The SMILES string of the molecule is CNC(=O)c1cn(CC2=NCCN2)c2cccc(Cl)c12. The molecule has 1 aliphatic rings. The predicted molar refractivity (Wildman–Crippen MR) is 80.6 cm³/mol. The van der Waals surface area contributed by atoms with E-state index in [1.807, 2.05) is 22.9 Å². The molecule has 1 aliphatic heterocycles. The summed E-state index contributed by atoms with van der Waals surface area (Å²) in [6.45, 7) is 2.29. The van der Waals surface area contributed by atoms with Crippen molar-refractivity contribution in [3.63, 3.8) is 0 Å². The minimum absolute atomic E-state index is 0.136. The summed E-state index contributed by atoms with van der Waals surface area (Å²) in [4.78, 5) is 16.4. The van der Waals surface area contributed by atoms with Crippen LogP contribution in [-0.4, -0.2) is 36.4 Å². The van der Waals surface area contributed by atoms with Crippen LogP contribution < -0.4 is 10.6 Å². The Balaban J connectivity index is 2.12. The zero-order valence-electron chi connectivity index (χ0n) is 11.1. The third-order valence-electron chi connectivity index (χ3n) is 3.39. The van der Waals surface area contributed by atoms with Crippen LogP contribution in [0.15, 0.2) is 29.4 Å². The summed E-state index contributed by atoms with van der Waals surface area (Å²) in [6.07, 6.45) is 1.83. The largest absolute Gasteiger partial charge is 0.370 e. The number of halogens is 1. The Bertz CT molecular complexity index is 705. The van der Waals surface area contributed by atoms with E-state index in [0.717, 1.165) is 29.8 Å². The molecule has 0 spiro atoms. The number of nitrogens with one attached hydrogen (secondary N) is 2. The predicted octanol–water partition coefficient (Wildman–Crippen LogP) is 1.66. The molecule has 1 aromatic carbocycles. The minimum atomic E-state index is -0.136. The van der Waals surface area contributed by atoms with Gasteiger partial charge in [-0.05, 0) is 12.1 Å². The lowest BCUT2D eigenvalue weighted by Crippen LogP contribution is -2.23. The third-order valence-corrected chi connectivity index (χ3v) is 3.71. The highest BCUT2D eigenvalue weighted by atomic mass is 35.5. The number of benzene rings is 1. The molecule has 20 heavy (non-hydrogen) atoms. The van der Waals surface area contributed by atoms with E-state index < -0.39 is 0 Å².